The Morgan fingerprint density at radius 1 is 1.46 bits per heavy atom. The highest BCUT2D eigenvalue weighted by atomic mass is 32.1. The van der Waals surface area contributed by atoms with Gasteiger partial charge in [0.15, 0.2) is 0 Å². The van der Waals surface area contributed by atoms with Crippen molar-refractivity contribution in [3.8, 4) is 5.75 Å². The van der Waals surface area contributed by atoms with Gasteiger partial charge in [0.25, 0.3) is 0 Å². The maximum atomic E-state index is 12.8. The maximum Gasteiger partial charge on any atom is 0.126 e. The van der Waals surface area contributed by atoms with Crippen molar-refractivity contribution in [1.29, 1.82) is 0 Å². The zero-order valence-corrected chi connectivity index (χ0v) is 8.48. The minimum absolute atomic E-state index is 0.258. The number of thiol groups is 1. The Morgan fingerprint density at radius 3 is 2.92 bits per heavy atom. The van der Waals surface area contributed by atoms with E-state index in [4.69, 9.17) is 4.74 Å². The van der Waals surface area contributed by atoms with Crippen molar-refractivity contribution in [3.63, 3.8) is 0 Å². The van der Waals surface area contributed by atoms with Crippen LogP contribution in [0.3, 0.4) is 0 Å². The predicted molar refractivity (Wildman–Crippen MR) is 55.1 cm³/mol. The second-order valence-electron chi connectivity index (χ2n) is 2.84. The van der Waals surface area contributed by atoms with Gasteiger partial charge in [-0.2, -0.15) is 12.6 Å². The number of aryl methyl sites for hydroxylation is 1. The summed E-state index contributed by atoms with van der Waals surface area (Å²) in [6, 6.07) is 4.56. The topological polar surface area (TPSA) is 9.23 Å². The van der Waals surface area contributed by atoms with Crippen LogP contribution in [0, 0.1) is 12.7 Å². The fourth-order valence-electron chi connectivity index (χ4n) is 0.976. The van der Waals surface area contributed by atoms with Gasteiger partial charge in [0.05, 0.1) is 6.61 Å². The molecule has 0 bridgehead atoms. The average Bonchev–Trinajstić information content (AvgIpc) is 2.11. The number of ether oxygens (including phenoxy) is 1. The van der Waals surface area contributed by atoms with Crippen molar-refractivity contribution in [1.82, 2.24) is 0 Å². The second-order valence-corrected chi connectivity index (χ2v) is 3.28. The summed E-state index contributed by atoms with van der Waals surface area (Å²) in [6.07, 6.45) is 0.874. The van der Waals surface area contributed by atoms with E-state index in [0.717, 1.165) is 17.7 Å². The molecule has 0 aromatic heterocycles. The number of rotatable bonds is 4. The van der Waals surface area contributed by atoms with E-state index >= 15 is 0 Å². The van der Waals surface area contributed by atoms with Crippen molar-refractivity contribution in [2.45, 2.75) is 13.3 Å². The summed E-state index contributed by atoms with van der Waals surface area (Å²) in [7, 11) is 0. The lowest BCUT2D eigenvalue weighted by molar-refractivity contribution is 0.315. The molecule has 0 heterocycles. The van der Waals surface area contributed by atoms with Gasteiger partial charge in [-0.25, -0.2) is 4.39 Å². The molecule has 0 unspecified atom stereocenters. The molecule has 0 radical (unpaired) electrons. The van der Waals surface area contributed by atoms with Crippen LogP contribution in [0.2, 0.25) is 0 Å². The van der Waals surface area contributed by atoms with Crippen LogP contribution < -0.4 is 4.74 Å². The van der Waals surface area contributed by atoms with Crippen LogP contribution in [-0.2, 0) is 0 Å². The van der Waals surface area contributed by atoms with Gasteiger partial charge in [-0.05, 0) is 30.7 Å². The molecule has 0 saturated carbocycles. The molecule has 1 aromatic carbocycles. The number of benzene rings is 1. The molecule has 3 heteroatoms. The lowest BCUT2D eigenvalue weighted by atomic mass is 10.2. The molecule has 72 valence electrons. The Bertz CT molecular complexity index is 276. The highest BCUT2D eigenvalue weighted by Crippen LogP contribution is 2.18. The molecule has 0 aliphatic rings. The molecule has 1 rings (SSSR count). The first-order valence-corrected chi connectivity index (χ1v) is 4.87. The first-order valence-electron chi connectivity index (χ1n) is 4.24. The molecule has 1 nitrogen and oxygen atoms in total. The van der Waals surface area contributed by atoms with Crippen LogP contribution in [0.1, 0.15) is 12.0 Å². The summed E-state index contributed by atoms with van der Waals surface area (Å²) in [5, 5.41) is 0. The molecule has 0 fully saturated rings. The zero-order valence-electron chi connectivity index (χ0n) is 7.59. The van der Waals surface area contributed by atoms with E-state index < -0.39 is 0 Å². The first kappa shape index (κ1) is 10.4. The summed E-state index contributed by atoms with van der Waals surface area (Å²) in [6.45, 7) is 2.49. The quantitative estimate of drug-likeness (QED) is 0.581. The van der Waals surface area contributed by atoms with Gasteiger partial charge < -0.3 is 4.74 Å². The zero-order chi connectivity index (χ0) is 9.68. The minimum Gasteiger partial charge on any atom is -0.493 e. The Kier molecular flexibility index (Phi) is 4.09. The van der Waals surface area contributed by atoms with Crippen molar-refractivity contribution in [2.24, 2.45) is 0 Å². The van der Waals surface area contributed by atoms with E-state index in [1.165, 1.54) is 12.1 Å². The largest absolute Gasteiger partial charge is 0.493 e. The Hall–Kier alpha value is -0.700. The molecule has 0 amide bonds. The van der Waals surface area contributed by atoms with Gasteiger partial charge in [0, 0.05) is 6.07 Å². The molecule has 0 aliphatic carbocycles. The van der Waals surface area contributed by atoms with E-state index in [9.17, 15) is 4.39 Å². The third kappa shape index (κ3) is 3.27. The van der Waals surface area contributed by atoms with Crippen molar-refractivity contribution >= 4 is 12.6 Å². The molecule has 0 N–H and O–H groups in total. The molecule has 0 saturated heterocycles. The van der Waals surface area contributed by atoms with Crippen LogP contribution in [-0.4, -0.2) is 12.4 Å². The highest BCUT2D eigenvalue weighted by molar-refractivity contribution is 7.80. The molecule has 0 atom stereocenters. The van der Waals surface area contributed by atoms with E-state index in [1.807, 2.05) is 6.92 Å². The van der Waals surface area contributed by atoms with Crippen molar-refractivity contribution in [2.75, 3.05) is 12.4 Å². The number of hydrogen-bond acceptors (Lipinski definition) is 2. The molecular formula is C10H13FOS. The van der Waals surface area contributed by atoms with Crippen molar-refractivity contribution in [3.05, 3.63) is 29.6 Å². The van der Waals surface area contributed by atoms with Crippen LogP contribution in [0.25, 0.3) is 0 Å². The fraction of sp³-hybridized carbons (Fsp3) is 0.400. The standard InChI is InChI=1S/C10H13FOS/c1-8-3-4-9(11)7-10(8)12-5-2-6-13/h3-4,7,13H,2,5-6H2,1H3. The summed E-state index contributed by atoms with van der Waals surface area (Å²) < 4.78 is 18.1. The lowest BCUT2D eigenvalue weighted by Gasteiger charge is -2.07. The van der Waals surface area contributed by atoms with Gasteiger partial charge in [0.1, 0.15) is 11.6 Å². The SMILES string of the molecule is Cc1ccc(F)cc1OCCCS. The second kappa shape index (κ2) is 5.12. The van der Waals surface area contributed by atoms with E-state index in [0.29, 0.717) is 12.4 Å². The van der Waals surface area contributed by atoms with Crippen LogP contribution in [0.4, 0.5) is 4.39 Å². The first-order chi connectivity index (χ1) is 6.24. The van der Waals surface area contributed by atoms with Gasteiger partial charge in [0.2, 0.25) is 0 Å². The summed E-state index contributed by atoms with van der Waals surface area (Å²) in [4.78, 5) is 0. The number of hydrogen-bond donors (Lipinski definition) is 1. The lowest BCUT2D eigenvalue weighted by Crippen LogP contribution is -1.99. The van der Waals surface area contributed by atoms with Gasteiger partial charge >= 0.3 is 0 Å². The van der Waals surface area contributed by atoms with E-state index in [2.05, 4.69) is 12.6 Å². The monoisotopic (exact) mass is 200 g/mol. The summed E-state index contributed by atoms with van der Waals surface area (Å²) >= 11 is 4.06. The Morgan fingerprint density at radius 2 is 2.23 bits per heavy atom. The van der Waals surface area contributed by atoms with Gasteiger partial charge in [-0.1, -0.05) is 6.07 Å². The molecular weight excluding hydrogens is 187 g/mol. The number of halogens is 1. The maximum absolute atomic E-state index is 12.8. The fourth-order valence-corrected chi connectivity index (χ4v) is 1.11. The third-order valence-corrected chi connectivity index (χ3v) is 2.03. The van der Waals surface area contributed by atoms with Crippen LogP contribution in [0.15, 0.2) is 18.2 Å². The Labute approximate surface area is 83.3 Å². The highest BCUT2D eigenvalue weighted by Gasteiger charge is 2.00. The van der Waals surface area contributed by atoms with Crippen LogP contribution >= 0.6 is 12.6 Å². The van der Waals surface area contributed by atoms with Crippen LogP contribution in [0.5, 0.6) is 5.75 Å². The minimum atomic E-state index is -0.258. The average molecular weight is 200 g/mol. The molecule has 0 spiro atoms. The predicted octanol–water partition coefficient (Wildman–Crippen LogP) is 2.83. The van der Waals surface area contributed by atoms with Crippen molar-refractivity contribution < 1.29 is 9.13 Å². The smallest absolute Gasteiger partial charge is 0.126 e. The van der Waals surface area contributed by atoms with E-state index in [1.54, 1.807) is 6.07 Å². The molecule has 1 aromatic rings. The van der Waals surface area contributed by atoms with Gasteiger partial charge in [-0.15, -0.1) is 0 Å². The normalized spacial score (nSPS) is 10.1. The summed E-state index contributed by atoms with van der Waals surface area (Å²) in [5.41, 5.74) is 0.959. The molecule has 13 heavy (non-hydrogen) atoms. The third-order valence-electron chi connectivity index (χ3n) is 1.71. The van der Waals surface area contributed by atoms with E-state index in [-0.39, 0.29) is 5.82 Å². The summed E-state index contributed by atoms with van der Waals surface area (Å²) in [5.74, 6) is 1.15. The molecule has 0 aliphatic heterocycles. The Balaban J connectivity index is 2.59. The van der Waals surface area contributed by atoms with Gasteiger partial charge in [-0.3, -0.25) is 0 Å².